The lowest BCUT2D eigenvalue weighted by atomic mass is 10.1. The van der Waals surface area contributed by atoms with Gasteiger partial charge < -0.3 is 14.8 Å². The van der Waals surface area contributed by atoms with Crippen LogP contribution in [0.2, 0.25) is 0 Å². The number of carbonyl (C=O) groups is 1. The summed E-state index contributed by atoms with van der Waals surface area (Å²) in [6.45, 7) is 1.10. The molecule has 2 N–H and O–H groups in total. The van der Waals surface area contributed by atoms with E-state index in [9.17, 15) is 4.79 Å². The molecular weight excluding hydrogens is 374 g/mol. The minimum atomic E-state index is -0.0397. The zero-order chi connectivity index (χ0) is 18.9. The quantitative estimate of drug-likeness (QED) is 0.545. The summed E-state index contributed by atoms with van der Waals surface area (Å²) in [5.41, 5.74) is 4.40. The number of ether oxygens (including phenoxy) is 2. The van der Waals surface area contributed by atoms with Gasteiger partial charge in [-0.1, -0.05) is 0 Å². The van der Waals surface area contributed by atoms with Crippen LogP contribution in [-0.4, -0.2) is 29.3 Å². The number of carbonyl (C=O) groups excluding carboxylic acids is 1. The fourth-order valence-corrected chi connectivity index (χ4v) is 3.95. The highest BCUT2D eigenvalue weighted by Crippen LogP contribution is 2.36. The van der Waals surface area contributed by atoms with E-state index < -0.39 is 0 Å². The zero-order valence-corrected chi connectivity index (χ0v) is 15.7. The summed E-state index contributed by atoms with van der Waals surface area (Å²) in [6, 6.07) is 13.5. The normalized spacial score (nSPS) is 12.9. The predicted molar refractivity (Wildman–Crippen MR) is 109 cm³/mol. The maximum absolute atomic E-state index is 12.3. The number of thiophene rings is 1. The molecule has 4 aromatic rings. The Kier molecular flexibility index (Phi) is 4.21. The first-order chi connectivity index (χ1) is 13.8. The number of hydrogen-bond donors (Lipinski definition) is 2. The lowest BCUT2D eigenvalue weighted by Gasteiger charge is -2.18. The van der Waals surface area contributed by atoms with Gasteiger partial charge in [-0.15, -0.1) is 0 Å². The van der Waals surface area contributed by atoms with Crippen molar-refractivity contribution in [2.45, 2.75) is 6.42 Å². The third-order valence-corrected chi connectivity index (χ3v) is 5.34. The monoisotopic (exact) mass is 391 g/mol. The van der Waals surface area contributed by atoms with Crippen LogP contribution in [-0.2, 0) is 11.2 Å². The molecule has 0 unspecified atom stereocenters. The molecular formula is C21H17N3O3S. The molecule has 0 saturated carbocycles. The molecule has 3 heterocycles. The summed E-state index contributed by atoms with van der Waals surface area (Å²) < 4.78 is 11.3. The van der Waals surface area contributed by atoms with E-state index in [2.05, 4.69) is 15.5 Å². The highest BCUT2D eigenvalue weighted by atomic mass is 32.1. The topological polar surface area (TPSA) is 76.2 Å². The van der Waals surface area contributed by atoms with Gasteiger partial charge in [0.25, 0.3) is 0 Å². The van der Waals surface area contributed by atoms with E-state index in [1.54, 1.807) is 11.3 Å². The predicted octanol–water partition coefficient (Wildman–Crippen LogP) is 4.24. The van der Waals surface area contributed by atoms with Crippen LogP contribution in [0, 0.1) is 0 Å². The van der Waals surface area contributed by atoms with E-state index in [4.69, 9.17) is 9.47 Å². The van der Waals surface area contributed by atoms with Gasteiger partial charge >= 0.3 is 0 Å². The maximum Gasteiger partial charge on any atom is 0.228 e. The van der Waals surface area contributed by atoms with Crippen LogP contribution >= 0.6 is 11.3 Å². The Morgan fingerprint density at radius 2 is 2.00 bits per heavy atom. The Balaban J connectivity index is 1.44. The number of benzene rings is 2. The molecule has 0 spiro atoms. The molecule has 2 aromatic carbocycles. The van der Waals surface area contributed by atoms with Gasteiger partial charge in [-0.05, 0) is 58.8 Å². The first kappa shape index (κ1) is 16.8. The second-order valence-corrected chi connectivity index (χ2v) is 7.33. The maximum atomic E-state index is 12.3. The molecule has 0 saturated heterocycles. The number of anilines is 1. The van der Waals surface area contributed by atoms with Crippen LogP contribution in [0.1, 0.15) is 5.56 Å². The van der Waals surface area contributed by atoms with Crippen molar-refractivity contribution in [3.05, 3.63) is 58.8 Å². The van der Waals surface area contributed by atoms with Gasteiger partial charge in [-0.25, -0.2) is 0 Å². The highest BCUT2D eigenvalue weighted by molar-refractivity contribution is 7.08. The largest absolute Gasteiger partial charge is 0.486 e. The molecule has 0 radical (unpaired) electrons. The lowest BCUT2D eigenvalue weighted by Crippen LogP contribution is -2.15. The van der Waals surface area contributed by atoms with Gasteiger partial charge in [0, 0.05) is 16.6 Å². The molecule has 0 atom stereocenters. The van der Waals surface area contributed by atoms with Gasteiger partial charge in [-0.2, -0.15) is 16.4 Å². The van der Waals surface area contributed by atoms with Crippen LogP contribution in [0.5, 0.6) is 11.5 Å². The Morgan fingerprint density at radius 1 is 1.11 bits per heavy atom. The van der Waals surface area contributed by atoms with Crippen molar-refractivity contribution < 1.29 is 14.3 Å². The molecule has 1 amide bonds. The number of aromatic amines is 1. The number of nitrogens with zero attached hydrogens (tertiary/aromatic N) is 1. The lowest BCUT2D eigenvalue weighted by molar-refractivity contribution is -0.115. The van der Waals surface area contributed by atoms with E-state index in [1.807, 2.05) is 53.2 Å². The van der Waals surface area contributed by atoms with Crippen molar-refractivity contribution in [2.75, 3.05) is 18.5 Å². The number of fused-ring (bicyclic) bond motifs is 2. The number of amides is 1. The summed E-state index contributed by atoms with van der Waals surface area (Å²) in [6.07, 6.45) is 0.363. The van der Waals surface area contributed by atoms with Gasteiger partial charge in [0.05, 0.1) is 11.9 Å². The Morgan fingerprint density at radius 3 is 2.86 bits per heavy atom. The van der Waals surface area contributed by atoms with E-state index in [0.29, 0.717) is 19.6 Å². The average Bonchev–Trinajstić information content (AvgIpc) is 3.37. The summed E-state index contributed by atoms with van der Waals surface area (Å²) in [7, 11) is 0. The Hall–Kier alpha value is -3.32. The Bertz CT molecular complexity index is 1150. The SMILES string of the molecule is O=C(Cc1ccsc1)Nc1ccc2[nH]nc(-c3ccc4c(c3)OCCO4)c2c1. The van der Waals surface area contributed by atoms with Crippen LogP contribution in [0.3, 0.4) is 0 Å². The second kappa shape index (κ2) is 7.01. The molecule has 0 aliphatic carbocycles. The van der Waals surface area contributed by atoms with Crippen LogP contribution in [0.25, 0.3) is 22.2 Å². The number of nitrogens with one attached hydrogen (secondary N) is 2. The first-order valence-corrected chi connectivity index (χ1v) is 9.90. The van der Waals surface area contributed by atoms with Crippen molar-refractivity contribution >= 4 is 33.8 Å². The molecule has 0 fully saturated rings. The van der Waals surface area contributed by atoms with E-state index in [1.165, 1.54) is 0 Å². The molecule has 1 aliphatic rings. The van der Waals surface area contributed by atoms with Crippen molar-refractivity contribution in [3.8, 4) is 22.8 Å². The van der Waals surface area contributed by atoms with Gasteiger partial charge in [0.2, 0.25) is 5.91 Å². The van der Waals surface area contributed by atoms with E-state index in [-0.39, 0.29) is 5.91 Å². The molecule has 28 heavy (non-hydrogen) atoms. The van der Waals surface area contributed by atoms with Crippen molar-refractivity contribution in [3.63, 3.8) is 0 Å². The zero-order valence-electron chi connectivity index (χ0n) is 14.9. The minimum absolute atomic E-state index is 0.0397. The summed E-state index contributed by atoms with van der Waals surface area (Å²) in [5, 5.41) is 15.4. The molecule has 7 heteroatoms. The second-order valence-electron chi connectivity index (χ2n) is 6.55. The third-order valence-electron chi connectivity index (χ3n) is 4.61. The number of H-pyrrole nitrogens is 1. The molecule has 2 aromatic heterocycles. The van der Waals surface area contributed by atoms with Crippen molar-refractivity contribution in [1.29, 1.82) is 0 Å². The molecule has 140 valence electrons. The first-order valence-electron chi connectivity index (χ1n) is 8.95. The molecule has 0 bridgehead atoms. The van der Waals surface area contributed by atoms with Gasteiger partial charge in [0.1, 0.15) is 18.9 Å². The average molecular weight is 391 g/mol. The number of rotatable bonds is 4. The van der Waals surface area contributed by atoms with Crippen LogP contribution in [0.15, 0.2) is 53.2 Å². The molecule has 5 rings (SSSR count). The molecule has 1 aliphatic heterocycles. The van der Waals surface area contributed by atoms with Crippen LogP contribution in [0.4, 0.5) is 5.69 Å². The van der Waals surface area contributed by atoms with Crippen molar-refractivity contribution in [1.82, 2.24) is 10.2 Å². The van der Waals surface area contributed by atoms with E-state index in [0.717, 1.165) is 44.9 Å². The van der Waals surface area contributed by atoms with Gasteiger partial charge in [-0.3, -0.25) is 9.89 Å². The number of aromatic nitrogens is 2. The Labute approximate surface area is 165 Å². The highest BCUT2D eigenvalue weighted by Gasteiger charge is 2.16. The van der Waals surface area contributed by atoms with Gasteiger partial charge in [0.15, 0.2) is 11.5 Å². The van der Waals surface area contributed by atoms with Crippen LogP contribution < -0.4 is 14.8 Å². The molecule has 6 nitrogen and oxygen atoms in total. The fraction of sp³-hybridized carbons (Fsp3) is 0.143. The summed E-state index contributed by atoms with van der Waals surface area (Å²) in [5.74, 6) is 1.43. The summed E-state index contributed by atoms with van der Waals surface area (Å²) in [4.78, 5) is 12.3. The van der Waals surface area contributed by atoms with Crippen molar-refractivity contribution in [2.24, 2.45) is 0 Å². The standard InChI is InChI=1S/C21H17N3O3S/c25-20(9-13-5-8-28-12-13)22-15-2-3-17-16(11-15)21(24-23-17)14-1-4-18-19(10-14)27-7-6-26-18/h1-5,8,10-12H,6-7,9H2,(H,22,25)(H,23,24). The number of hydrogen-bond acceptors (Lipinski definition) is 5. The summed E-state index contributed by atoms with van der Waals surface area (Å²) >= 11 is 1.59. The minimum Gasteiger partial charge on any atom is -0.486 e. The smallest absolute Gasteiger partial charge is 0.228 e. The fourth-order valence-electron chi connectivity index (χ4n) is 3.29. The van der Waals surface area contributed by atoms with E-state index >= 15 is 0 Å². The third kappa shape index (κ3) is 3.20.